The molecule has 0 unspecified atom stereocenters. The Hall–Kier alpha value is -0.250. The Morgan fingerprint density at radius 1 is 1.21 bits per heavy atom. The molecule has 4 nitrogen and oxygen atoms in total. The number of halogens is 2. The average Bonchev–Trinajstić information content (AvgIpc) is 2.83. The van der Waals surface area contributed by atoms with Gasteiger partial charge in [0.25, 0.3) is 0 Å². The van der Waals surface area contributed by atoms with E-state index in [2.05, 4.69) is 5.09 Å². The van der Waals surface area contributed by atoms with Crippen molar-refractivity contribution in [3.63, 3.8) is 0 Å². The number of hydrogen-bond acceptors (Lipinski definition) is 1. The highest BCUT2D eigenvalue weighted by Crippen LogP contribution is 2.53. The largest absolute Gasteiger partial charge is 0.308 e. The summed E-state index contributed by atoms with van der Waals surface area (Å²) in [6.07, 6.45) is 0. The molecule has 1 fully saturated rings. The van der Waals surface area contributed by atoms with Crippen LogP contribution < -0.4 is 9.76 Å². The van der Waals surface area contributed by atoms with Gasteiger partial charge in [-0.25, -0.2) is 9.76 Å². The molecule has 1 saturated heterocycles. The Balaban J connectivity index is 2.26. The minimum atomic E-state index is -2.80. The van der Waals surface area contributed by atoms with Crippen molar-refractivity contribution in [2.24, 2.45) is 0 Å². The number of anilines is 1. The first-order chi connectivity index (χ1) is 9.22. The highest BCUT2D eigenvalue weighted by atomic mass is 35.5. The van der Waals surface area contributed by atoms with E-state index in [9.17, 15) is 4.57 Å². The SMILES string of the molecule is O=[P@]1(N(CCCl)CCCl)NCCN1c1ccccc1. The van der Waals surface area contributed by atoms with Crippen molar-refractivity contribution >= 4 is 36.5 Å². The monoisotopic (exact) mass is 321 g/mol. The van der Waals surface area contributed by atoms with E-state index >= 15 is 0 Å². The molecule has 1 heterocycles. The van der Waals surface area contributed by atoms with Gasteiger partial charge in [0, 0.05) is 43.6 Å². The number of nitrogens with one attached hydrogen (secondary N) is 1. The molecular formula is C12H18Cl2N3OP. The van der Waals surface area contributed by atoms with Crippen molar-refractivity contribution in [1.82, 2.24) is 9.76 Å². The Bertz CT molecular complexity index is 440. The van der Waals surface area contributed by atoms with Gasteiger partial charge in [0.05, 0.1) is 0 Å². The van der Waals surface area contributed by atoms with Crippen molar-refractivity contribution in [3.8, 4) is 0 Å². The van der Waals surface area contributed by atoms with Crippen LogP contribution in [0.4, 0.5) is 5.69 Å². The van der Waals surface area contributed by atoms with Crippen LogP contribution in [0.15, 0.2) is 30.3 Å². The predicted octanol–water partition coefficient (Wildman–Crippen LogP) is 2.98. The van der Waals surface area contributed by atoms with E-state index in [-0.39, 0.29) is 0 Å². The zero-order valence-corrected chi connectivity index (χ0v) is 13.0. The number of alkyl halides is 2. The predicted molar refractivity (Wildman–Crippen MR) is 82.4 cm³/mol. The molecule has 1 aromatic carbocycles. The summed E-state index contributed by atoms with van der Waals surface area (Å²) in [5.41, 5.74) is 0.963. The van der Waals surface area contributed by atoms with Gasteiger partial charge in [-0.2, -0.15) is 0 Å². The fourth-order valence-electron chi connectivity index (χ4n) is 2.24. The quantitative estimate of drug-likeness (QED) is 0.645. The summed E-state index contributed by atoms with van der Waals surface area (Å²) in [4.78, 5) is 0. The minimum absolute atomic E-state index is 0.436. The lowest BCUT2D eigenvalue weighted by molar-refractivity contribution is 0.441. The highest BCUT2D eigenvalue weighted by molar-refractivity contribution is 7.61. The zero-order chi connectivity index (χ0) is 13.7. The van der Waals surface area contributed by atoms with Crippen LogP contribution >= 0.6 is 30.8 Å². The van der Waals surface area contributed by atoms with Crippen molar-refractivity contribution in [2.75, 3.05) is 42.6 Å². The van der Waals surface area contributed by atoms with Gasteiger partial charge in [-0.1, -0.05) is 18.2 Å². The maximum Gasteiger partial charge on any atom is 0.308 e. The van der Waals surface area contributed by atoms with Gasteiger partial charge < -0.3 is 0 Å². The third kappa shape index (κ3) is 3.26. The second-order valence-corrected chi connectivity index (χ2v) is 7.45. The summed E-state index contributed by atoms with van der Waals surface area (Å²) in [6.45, 7) is 2.54. The lowest BCUT2D eigenvalue weighted by Gasteiger charge is -2.34. The van der Waals surface area contributed by atoms with Gasteiger partial charge in [0.1, 0.15) is 0 Å². The molecule has 1 aromatic rings. The molecule has 0 saturated carbocycles. The Morgan fingerprint density at radius 2 is 1.84 bits per heavy atom. The summed E-state index contributed by atoms with van der Waals surface area (Å²) in [5.74, 6) is 0.871. The molecule has 1 N–H and O–H groups in total. The zero-order valence-electron chi connectivity index (χ0n) is 10.6. The van der Waals surface area contributed by atoms with Crippen LogP contribution in [0.2, 0.25) is 0 Å². The number of para-hydroxylation sites is 1. The number of benzene rings is 1. The summed E-state index contributed by atoms with van der Waals surface area (Å²) < 4.78 is 17.1. The summed E-state index contributed by atoms with van der Waals surface area (Å²) in [7, 11) is -2.80. The van der Waals surface area contributed by atoms with E-state index in [0.29, 0.717) is 31.4 Å². The molecule has 7 heteroatoms. The van der Waals surface area contributed by atoms with E-state index in [4.69, 9.17) is 23.2 Å². The van der Waals surface area contributed by atoms with Crippen molar-refractivity contribution in [3.05, 3.63) is 30.3 Å². The molecule has 1 aliphatic heterocycles. The second kappa shape index (κ2) is 6.96. The highest BCUT2D eigenvalue weighted by Gasteiger charge is 2.40. The van der Waals surface area contributed by atoms with Gasteiger partial charge in [-0.15, -0.1) is 23.2 Å². The number of hydrogen-bond donors (Lipinski definition) is 1. The Labute approximate surface area is 124 Å². The van der Waals surface area contributed by atoms with Crippen LogP contribution in [0.1, 0.15) is 0 Å². The first-order valence-corrected chi connectivity index (χ1v) is 8.96. The van der Waals surface area contributed by atoms with Gasteiger partial charge in [0.15, 0.2) is 0 Å². The standard InChI is InChI=1S/C12H18Cl2N3OP/c13-6-9-16(10-7-14)19(18)15-8-11-17(19)12-4-2-1-3-5-12/h1-5H,6-11H2,(H,15,18)/t19-/m0/s1. The topological polar surface area (TPSA) is 35.6 Å². The van der Waals surface area contributed by atoms with Crippen LogP contribution in [0.3, 0.4) is 0 Å². The molecule has 0 spiro atoms. The van der Waals surface area contributed by atoms with Gasteiger partial charge in [-0.05, 0) is 12.1 Å². The molecule has 0 aromatic heterocycles. The minimum Gasteiger partial charge on any atom is -0.298 e. The maximum absolute atomic E-state index is 13.2. The van der Waals surface area contributed by atoms with Crippen molar-refractivity contribution < 1.29 is 4.57 Å². The number of rotatable bonds is 6. The van der Waals surface area contributed by atoms with Crippen LogP contribution in [0.5, 0.6) is 0 Å². The second-order valence-electron chi connectivity index (χ2n) is 4.24. The van der Waals surface area contributed by atoms with Crippen LogP contribution in [-0.2, 0) is 4.57 Å². The fraction of sp³-hybridized carbons (Fsp3) is 0.500. The third-order valence-electron chi connectivity index (χ3n) is 3.09. The van der Waals surface area contributed by atoms with Gasteiger partial charge in [0.2, 0.25) is 0 Å². The lowest BCUT2D eigenvalue weighted by atomic mass is 10.3. The summed E-state index contributed by atoms with van der Waals surface area (Å²) >= 11 is 11.6. The molecule has 1 aliphatic rings. The van der Waals surface area contributed by atoms with Crippen LogP contribution in [-0.4, -0.2) is 42.6 Å². The van der Waals surface area contributed by atoms with E-state index in [1.165, 1.54) is 0 Å². The molecule has 2 rings (SSSR count). The van der Waals surface area contributed by atoms with Gasteiger partial charge >= 0.3 is 7.59 Å². The molecular weight excluding hydrogens is 304 g/mol. The smallest absolute Gasteiger partial charge is 0.298 e. The summed E-state index contributed by atoms with van der Waals surface area (Å²) in [5, 5.41) is 3.14. The average molecular weight is 322 g/mol. The van der Waals surface area contributed by atoms with E-state index in [1.54, 1.807) is 0 Å². The van der Waals surface area contributed by atoms with Gasteiger partial charge in [-0.3, -0.25) is 9.24 Å². The van der Waals surface area contributed by atoms with E-state index in [0.717, 1.165) is 12.2 Å². The first-order valence-electron chi connectivity index (χ1n) is 6.28. The fourth-order valence-corrected chi connectivity index (χ4v) is 5.51. The van der Waals surface area contributed by atoms with Crippen molar-refractivity contribution in [2.45, 2.75) is 0 Å². The third-order valence-corrected chi connectivity index (χ3v) is 6.32. The van der Waals surface area contributed by atoms with Crippen LogP contribution in [0.25, 0.3) is 0 Å². The lowest BCUT2D eigenvalue weighted by Crippen LogP contribution is -2.34. The maximum atomic E-state index is 13.2. The van der Waals surface area contributed by atoms with E-state index < -0.39 is 7.59 Å². The normalized spacial score (nSPS) is 23.2. The van der Waals surface area contributed by atoms with Crippen LogP contribution in [0, 0.1) is 0 Å². The molecule has 0 aliphatic carbocycles. The number of nitrogens with zero attached hydrogens (tertiary/aromatic N) is 2. The molecule has 1 atom stereocenters. The first kappa shape index (κ1) is 15.1. The molecule has 106 valence electrons. The van der Waals surface area contributed by atoms with E-state index in [1.807, 2.05) is 39.7 Å². The Morgan fingerprint density at radius 3 is 2.42 bits per heavy atom. The molecule has 19 heavy (non-hydrogen) atoms. The molecule has 0 radical (unpaired) electrons. The molecule has 0 bridgehead atoms. The van der Waals surface area contributed by atoms with Crippen molar-refractivity contribution in [1.29, 1.82) is 0 Å². The Kier molecular flexibility index (Phi) is 5.55. The molecule has 0 amide bonds. The summed E-state index contributed by atoms with van der Waals surface area (Å²) in [6, 6.07) is 9.79.